The fraction of sp³-hybridized carbons (Fsp3) is 0.500. The molecule has 116 valence electrons. The van der Waals surface area contributed by atoms with Crippen LogP contribution in [-0.4, -0.2) is 33.6 Å². The van der Waals surface area contributed by atoms with Crippen LogP contribution in [0.5, 0.6) is 0 Å². The van der Waals surface area contributed by atoms with Crippen LogP contribution in [0.2, 0.25) is 0 Å². The fourth-order valence-electron chi connectivity index (χ4n) is 2.24. The maximum absolute atomic E-state index is 13.5. The first kappa shape index (κ1) is 17.6. The van der Waals surface area contributed by atoms with Crippen molar-refractivity contribution in [2.45, 2.75) is 32.7 Å². The third-order valence-electron chi connectivity index (χ3n) is 3.31. The third kappa shape index (κ3) is 4.49. The van der Waals surface area contributed by atoms with Crippen molar-refractivity contribution in [2.75, 3.05) is 11.9 Å². The smallest absolute Gasteiger partial charge is 0.273 e. The molecule has 0 N–H and O–H groups in total. The van der Waals surface area contributed by atoms with Crippen LogP contribution in [0.4, 0.5) is 10.1 Å². The van der Waals surface area contributed by atoms with E-state index in [1.807, 2.05) is 13.8 Å². The number of halogens is 2. The highest BCUT2D eigenvalue weighted by Gasteiger charge is 2.24. The molecule has 0 unspecified atom stereocenters. The van der Waals surface area contributed by atoms with Crippen molar-refractivity contribution >= 4 is 27.5 Å². The lowest BCUT2D eigenvalue weighted by atomic mass is 10.1. The van der Waals surface area contributed by atoms with Gasteiger partial charge in [-0.3, -0.25) is 14.9 Å². The van der Waals surface area contributed by atoms with Gasteiger partial charge in [0.2, 0.25) is 0 Å². The van der Waals surface area contributed by atoms with E-state index in [4.69, 9.17) is 0 Å². The van der Waals surface area contributed by atoms with E-state index < -0.39 is 16.4 Å². The predicted molar refractivity (Wildman–Crippen MR) is 82.3 cm³/mol. The number of carbonyl (C=O) groups excluding carboxylic acids is 1. The topological polar surface area (TPSA) is 63.5 Å². The molecule has 21 heavy (non-hydrogen) atoms. The first-order chi connectivity index (χ1) is 9.94. The minimum absolute atomic E-state index is 0.00884. The molecule has 1 amide bonds. The molecule has 0 aromatic heterocycles. The third-order valence-corrected chi connectivity index (χ3v) is 3.66. The number of nitro groups is 1. The number of non-ortho nitro benzene ring substituents is 1. The second-order valence-electron chi connectivity index (χ2n) is 4.61. The van der Waals surface area contributed by atoms with Crippen LogP contribution in [-0.2, 0) is 0 Å². The Morgan fingerprint density at radius 3 is 2.48 bits per heavy atom. The zero-order valence-corrected chi connectivity index (χ0v) is 13.6. The summed E-state index contributed by atoms with van der Waals surface area (Å²) in [6.45, 7) is 4.41. The van der Waals surface area contributed by atoms with E-state index in [-0.39, 0.29) is 17.5 Å². The van der Waals surface area contributed by atoms with Gasteiger partial charge in [-0.1, -0.05) is 29.8 Å². The van der Waals surface area contributed by atoms with Gasteiger partial charge in [0.05, 0.1) is 11.0 Å². The van der Waals surface area contributed by atoms with Gasteiger partial charge in [-0.15, -0.1) is 0 Å². The number of hydrogen-bond acceptors (Lipinski definition) is 3. The first-order valence-electron chi connectivity index (χ1n) is 6.76. The van der Waals surface area contributed by atoms with Crippen molar-refractivity contribution in [3.63, 3.8) is 0 Å². The van der Waals surface area contributed by atoms with E-state index in [0.717, 1.165) is 31.0 Å². The van der Waals surface area contributed by atoms with Crippen molar-refractivity contribution in [1.82, 2.24) is 4.90 Å². The molecule has 7 heteroatoms. The van der Waals surface area contributed by atoms with Crippen LogP contribution >= 0.6 is 15.9 Å². The largest absolute Gasteiger partial charge is 0.335 e. The minimum Gasteiger partial charge on any atom is -0.335 e. The molecule has 0 saturated heterocycles. The summed E-state index contributed by atoms with van der Waals surface area (Å²) in [5, 5.41) is 11.4. The van der Waals surface area contributed by atoms with Gasteiger partial charge in [0, 0.05) is 29.5 Å². The lowest BCUT2D eigenvalue weighted by Gasteiger charge is -2.30. The summed E-state index contributed by atoms with van der Waals surface area (Å²) in [6.07, 6.45) is 1.54. The molecule has 0 spiro atoms. The van der Waals surface area contributed by atoms with Gasteiger partial charge in [0.25, 0.3) is 11.6 Å². The molecular formula is C14H18BrFN2O3. The Morgan fingerprint density at radius 1 is 1.38 bits per heavy atom. The molecule has 0 aliphatic rings. The minimum atomic E-state index is -0.782. The normalized spacial score (nSPS) is 10.7. The molecule has 0 saturated carbocycles. The predicted octanol–water partition coefficient (Wildman–Crippen LogP) is 3.76. The molecule has 0 atom stereocenters. The van der Waals surface area contributed by atoms with Gasteiger partial charge < -0.3 is 4.90 Å². The van der Waals surface area contributed by atoms with E-state index in [0.29, 0.717) is 11.9 Å². The summed E-state index contributed by atoms with van der Waals surface area (Å²) in [7, 11) is 0. The first-order valence-corrected chi connectivity index (χ1v) is 7.88. The van der Waals surface area contributed by atoms with E-state index in [1.165, 1.54) is 0 Å². The van der Waals surface area contributed by atoms with Crippen LogP contribution in [0.25, 0.3) is 0 Å². The highest BCUT2D eigenvalue weighted by molar-refractivity contribution is 9.09. The van der Waals surface area contributed by atoms with Crippen LogP contribution in [0.1, 0.15) is 37.0 Å². The summed E-state index contributed by atoms with van der Waals surface area (Å²) in [4.78, 5) is 24.2. The maximum atomic E-state index is 13.5. The number of hydrogen-bond donors (Lipinski definition) is 0. The Labute approximate surface area is 131 Å². The molecule has 1 aromatic rings. The van der Waals surface area contributed by atoms with Gasteiger partial charge in [0.15, 0.2) is 0 Å². The Bertz CT molecular complexity index is 521. The SMILES string of the molecule is CCC(CC)N(CCBr)C(=O)c1cc(F)cc([N+](=O)[O-])c1. The van der Waals surface area contributed by atoms with Crippen LogP contribution in [0.15, 0.2) is 18.2 Å². The molecule has 0 radical (unpaired) electrons. The van der Waals surface area contributed by atoms with Crippen molar-refractivity contribution in [2.24, 2.45) is 0 Å². The van der Waals surface area contributed by atoms with Crippen molar-refractivity contribution in [3.8, 4) is 0 Å². The molecule has 1 aromatic carbocycles. The summed E-state index contributed by atoms with van der Waals surface area (Å²) >= 11 is 3.29. The molecular weight excluding hydrogens is 343 g/mol. The molecule has 0 bridgehead atoms. The van der Waals surface area contributed by atoms with E-state index >= 15 is 0 Å². The van der Waals surface area contributed by atoms with E-state index in [9.17, 15) is 19.3 Å². The molecule has 5 nitrogen and oxygen atoms in total. The van der Waals surface area contributed by atoms with Crippen LogP contribution in [0, 0.1) is 15.9 Å². The number of rotatable bonds is 7. The van der Waals surface area contributed by atoms with Gasteiger partial charge in [-0.25, -0.2) is 4.39 Å². The van der Waals surface area contributed by atoms with Gasteiger partial charge >= 0.3 is 0 Å². The fourth-order valence-corrected chi connectivity index (χ4v) is 2.62. The van der Waals surface area contributed by atoms with Crippen LogP contribution < -0.4 is 0 Å². The zero-order valence-electron chi connectivity index (χ0n) is 12.0. The van der Waals surface area contributed by atoms with Crippen molar-refractivity contribution < 1.29 is 14.1 Å². The number of alkyl halides is 1. The molecule has 0 heterocycles. The quantitative estimate of drug-likeness (QED) is 0.422. The summed E-state index contributed by atoms with van der Waals surface area (Å²) in [5.74, 6) is -1.17. The number of carbonyl (C=O) groups is 1. The standard InChI is InChI=1S/C14H18BrFN2O3/c1-3-12(4-2)17(6-5-15)14(19)10-7-11(16)9-13(8-10)18(20)21/h7-9,12H,3-6H2,1-2H3. The second kappa shape index (κ2) is 8.07. The average Bonchev–Trinajstić information content (AvgIpc) is 2.46. The van der Waals surface area contributed by atoms with Crippen molar-refractivity contribution in [3.05, 3.63) is 39.7 Å². The van der Waals surface area contributed by atoms with Crippen molar-refractivity contribution in [1.29, 1.82) is 0 Å². The molecule has 0 fully saturated rings. The molecule has 1 rings (SSSR count). The van der Waals surface area contributed by atoms with Gasteiger partial charge in [0.1, 0.15) is 5.82 Å². The van der Waals surface area contributed by atoms with Gasteiger partial charge in [-0.05, 0) is 18.9 Å². The highest BCUT2D eigenvalue weighted by atomic mass is 79.9. The van der Waals surface area contributed by atoms with Gasteiger partial charge in [-0.2, -0.15) is 0 Å². The average molecular weight is 361 g/mol. The maximum Gasteiger partial charge on any atom is 0.273 e. The second-order valence-corrected chi connectivity index (χ2v) is 5.41. The van der Waals surface area contributed by atoms with E-state index in [1.54, 1.807) is 4.90 Å². The Balaban J connectivity index is 3.16. The lowest BCUT2D eigenvalue weighted by molar-refractivity contribution is -0.385. The highest BCUT2D eigenvalue weighted by Crippen LogP contribution is 2.20. The Morgan fingerprint density at radius 2 is 2.00 bits per heavy atom. The summed E-state index contributed by atoms with van der Waals surface area (Å²) in [5.41, 5.74) is -0.406. The summed E-state index contributed by atoms with van der Waals surface area (Å²) in [6, 6.07) is 2.99. The Hall–Kier alpha value is -1.50. The molecule has 0 aliphatic heterocycles. The number of amides is 1. The number of nitro benzene ring substituents is 1. The molecule has 0 aliphatic carbocycles. The monoisotopic (exact) mass is 360 g/mol. The number of nitrogens with zero attached hydrogens (tertiary/aromatic N) is 2. The van der Waals surface area contributed by atoms with E-state index in [2.05, 4.69) is 15.9 Å². The Kier molecular flexibility index (Phi) is 6.74. The van der Waals surface area contributed by atoms with Crippen LogP contribution in [0.3, 0.4) is 0 Å². The zero-order chi connectivity index (χ0) is 16.0. The number of benzene rings is 1. The lowest BCUT2D eigenvalue weighted by Crippen LogP contribution is -2.41. The summed E-state index contributed by atoms with van der Waals surface area (Å²) < 4.78 is 13.5.